The quantitative estimate of drug-likeness (QED) is 0.371. The molecule has 0 bridgehead atoms. The van der Waals surface area contributed by atoms with Gasteiger partial charge in [0.1, 0.15) is 0 Å². The van der Waals surface area contributed by atoms with Crippen molar-refractivity contribution in [1.29, 1.82) is 0 Å². The van der Waals surface area contributed by atoms with Crippen molar-refractivity contribution in [2.24, 2.45) is 5.92 Å². The summed E-state index contributed by atoms with van der Waals surface area (Å²) in [7, 11) is 0. The predicted molar refractivity (Wildman–Crippen MR) is 113 cm³/mol. The van der Waals surface area contributed by atoms with Crippen molar-refractivity contribution in [3.8, 4) is 11.3 Å². The number of pyridine rings is 1. The lowest BCUT2D eigenvalue weighted by Gasteiger charge is -2.15. The van der Waals surface area contributed by atoms with E-state index in [0.717, 1.165) is 12.1 Å². The van der Waals surface area contributed by atoms with Crippen molar-refractivity contribution in [2.45, 2.75) is 34.1 Å². The van der Waals surface area contributed by atoms with E-state index in [1.54, 1.807) is 0 Å². The molecule has 1 heterocycles. The predicted octanol–water partition coefficient (Wildman–Crippen LogP) is 6.87. The smallest absolute Gasteiger partial charge is 0.0786 e. The average Bonchev–Trinajstić information content (AvgIpc) is 2.60. The lowest BCUT2D eigenvalue weighted by atomic mass is 9.90. The van der Waals surface area contributed by atoms with Crippen molar-refractivity contribution < 1.29 is 0 Å². The van der Waals surface area contributed by atoms with Gasteiger partial charge in [0.05, 0.1) is 5.69 Å². The minimum absolute atomic E-state index is 0.636. The highest BCUT2D eigenvalue weighted by Crippen LogP contribution is 2.36. The molecule has 0 fully saturated rings. The summed E-state index contributed by atoms with van der Waals surface area (Å²) < 4.78 is 0. The second-order valence-electron chi connectivity index (χ2n) is 7.81. The Kier molecular flexibility index (Phi) is 4.24. The lowest BCUT2D eigenvalue weighted by Crippen LogP contribution is -1.97. The number of fused-ring (bicyclic) bond motifs is 3. The van der Waals surface area contributed by atoms with Gasteiger partial charge in [-0.05, 0) is 66.1 Å². The summed E-state index contributed by atoms with van der Waals surface area (Å²) in [6, 6.07) is 20.0. The molecule has 1 heteroatoms. The van der Waals surface area contributed by atoms with E-state index < -0.39 is 0 Å². The van der Waals surface area contributed by atoms with Gasteiger partial charge < -0.3 is 0 Å². The summed E-state index contributed by atoms with van der Waals surface area (Å²) >= 11 is 0. The Balaban J connectivity index is 2.09. The number of aromatic nitrogens is 1. The van der Waals surface area contributed by atoms with E-state index in [9.17, 15) is 0 Å². The molecule has 0 saturated heterocycles. The van der Waals surface area contributed by atoms with Crippen LogP contribution in [0.25, 0.3) is 32.8 Å². The van der Waals surface area contributed by atoms with Gasteiger partial charge in [0.2, 0.25) is 0 Å². The first-order valence-electron chi connectivity index (χ1n) is 9.41. The molecular weight excluding hydrogens is 314 g/mol. The molecule has 0 radical (unpaired) electrons. The van der Waals surface area contributed by atoms with Crippen molar-refractivity contribution in [2.75, 3.05) is 0 Å². The summed E-state index contributed by atoms with van der Waals surface area (Å²) in [4.78, 5) is 4.80. The average molecular weight is 339 g/mol. The highest BCUT2D eigenvalue weighted by atomic mass is 14.7. The van der Waals surface area contributed by atoms with Crippen LogP contribution >= 0.6 is 0 Å². The summed E-state index contributed by atoms with van der Waals surface area (Å²) in [6.45, 7) is 8.87. The van der Waals surface area contributed by atoms with Crippen LogP contribution < -0.4 is 0 Å². The molecule has 0 unspecified atom stereocenters. The molecule has 4 rings (SSSR count). The third kappa shape index (κ3) is 2.99. The zero-order chi connectivity index (χ0) is 18.3. The van der Waals surface area contributed by atoms with E-state index in [1.165, 1.54) is 43.8 Å². The first-order valence-corrected chi connectivity index (χ1v) is 9.41. The van der Waals surface area contributed by atoms with Crippen LogP contribution in [0.3, 0.4) is 0 Å². The molecule has 26 heavy (non-hydrogen) atoms. The van der Waals surface area contributed by atoms with Crippen molar-refractivity contribution in [1.82, 2.24) is 4.98 Å². The zero-order valence-electron chi connectivity index (χ0n) is 16.0. The maximum absolute atomic E-state index is 4.80. The van der Waals surface area contributed by atoms with Gasteiger partial charge in [-0.15, -0.1) is 0 Å². The molecule has 0 amide bonds. The fourth-order valence-corrected chi connectivity index (χ4v) is 4.07. The van der Waals surface area contributed by atoms with Gasteiger partial charge in [-0.1, -0.05) is 61.4 Å². The SMILES string of the molecule is Cc1cc(C)cc(-c2nccc3cc(CC(C)C)c4ccccc4c23)c1. The number of aryl methyl sites for hydroxylation is 2. The molecule has 130 valence electrons. The molecule has 1 nitrogen and oxygen atoms in total. The Bertz CT molecular complexity index is 1090. The molecule has 3 aromatic carbocycles. The molecule has 0 aliphatic carbocycles. The molecule has 4 aromatic rings. The van der Waals surface area contributed by atoms with E-state index >= 15 is 0 Å². The van der Waals surface area contributed by atoms with Gasteiger partial charge >= 0.3 is 0 Å². The van der Waals surface area contributed by atoms with Crippen LogP contribution in [0.5, 0.6) is 0 Å². The maximum atomic E-state index is 4.80. The molecular formula is C25H25N. The van der Waals surface area contributed by atoms with Crippen LogP contribution in [0, 0.1) is 19.8 Å². The fraction of sp³-hybridized carbons (Fsp3) is 0.240. The van der Waals surface area contributed by atoms with Gasteiger partial charge in [0.25, 0.3) is 0 Å². The van der Waals surface area contributed by atoms with E-state index in [4.69, 9.17) is 4.98 Å². The van der Waals surface area contributed by atoms with Crippen LogP contribution in [0.1, 0.15) is 30.5 Å². The van der Waals surface area contributed by atoms with Gasteiger partial charge in [-0.2, -0.15) is 0 Å². The van der Waals surface area contributed by atoms with Gasteiger partial charge in [-0.3, -0.25) is 4.98 Å². The summed E-state index contributed by atoms with van der Waals surface area (Å²) in [5, 5.41) is 5.21. The van der Waals surface area contributed by atoms with Gasteiger partial charge in [0, 0.05) is 17.1 Å². The van der Waals surface area contributed by atoms with E-state index in [1.807, 2.05) is 6.20 Å². The molecule has 0 atom stereocenters. The fourth-order valence-electron chi connectivity index (χ4n) is 4.07. The molecule has 0 saturated carbocycles. The Labute approximate surface area is 155 Å². The topological polar surface area (TPSA) is 12.9 Å². The van der Waals surface area contributed by atoms with E-state index in [-0.39, 0.29) is 0 Å². The second kappa shape index (κ2) is 6.57. The molecule has 0 spiro atoms. The van der Waals surface area contributed by atoms with Gasteiger partial charge in [-0.25, -0.2) is 0 Å². The Morgan fingerprint density at radius 3 is 2.23 bits per heavy atom. The van der Waals surface area contributed by atoms with Gasteiger partial charge in [0.15, 0.2) is 0 Å². The molecule has 0 aliphatic heterocycles. The third-order valence-electron chi connectivity index (χ3n) is 4.98. The van der Waals surface area contributed by atoms with Crippen LogP contribution in [-0.2, 0) is 6.42 Å². The van der Waals surface area contributed by atoms with Crippen LogP contribution in [-0.4, -0.2) is 4.98 Å². The van der Waals surface area contributed by atoms with Crippen LogP contribution in [0.2, 0.25) is 0 Å². The standard InChI is InChI=1S/C25H25N/c1-16(2)11-20-15-19-9-10-26-25(21-13-17(3)12-18(4)14-21)24(19)23-8-6-5-7-22(20)23/h5-10,12-16H,11H2,1-4H3. The van der Waals surface area contributed by atoms with Crippen molar-refractivity contribution >= 4 is 21.5 Å². The Morgan fingerprint density at radius 1 is 0.846 bits per heavy atom. The van der Waals surface area contributed by atoms with E-state index in [0.29, 0.717) is 5.92 Å². The first kappa shape index (κ1) is 16.8. The highest BCUT2D eigenvalue weighted by Gasteiger charge is 2.13. The number of hydrogen-bond acceptors (Lipinski definition) is 1. The molecule has 1 aromatic heterocycles. The van der Waals surface area contributed by atoms with Crippen LogP contribution in [0.4, 0.5) is 0 Å². The number of benzene rings is 3. The maximum Gasteiger partial charge on any atom is 0.0786 e. The lowest BCUT2D eigenvalue weighted by molar-refractivity contribution is 0.650. The minimum Gasteiger partial charge on any atom is -0.256 e. The van der Waals surface area contributed by atoms with Crippen molar-refractivity contribution in [3.05, 3.63) is 77.5 Å². The normalized spacial score (nSPS) is 11.6. The number of hydrogen-bond donors (Lipinski definition) is 0. The largest absolute Gasteiger partial charge is 0.256 e. The second-order valence-corrected chi connectivity index (χ2v) is 7.81. The summed E-state index contributed by atoms with van der Waals surface area (Å²) in [5.74, 6) is 0.636. The number of nitrogens with zero attached hydrogens (tertiary/aromatic N) is 1. The number of rotatable bonds is 3. The Morgan fingerprint density at radius 2 is 1.54 bits per heavy atom. The monoisotopic (exact) mass is 339 g/mol. The third-order valence-corrected chi connectivity index (χ3v) is 4.98. The molecule has 0 N–H and O–H groups in total. The zero-order valence-corrected chi connectivity index (χ0v) is 16.0. The van der Waals surface area contributed by atoms with E-state index in [2.05, 4.69) is 82.3 Å². The Hall–Kier alpha value is -2.67. The molecule has 0 aliphatic rings. The summed E-state index contributed by atoms with van der Waals surface area (Å²) in [6.07, 6.45) is 3.04. The first-order chi connectivity index (χ1) is 12.5. The highest BCUT2D eigenvalue weighted by molar-refractivity contribution is 6.14. The van der Waals surface area contributed by atoms with Crippen molar-refractivity contribution in [3.63, 3.8) is 0 Å². The minimum atomic E-state index is 0.636. The summed E-state index contributed by atoms with van der Waals surface area (Å²) in [5.41, 5.74) is 6.27. The van der Waals surface area contributed by atoms with Crippen LogP contribution in [0.15, 0.2) is 60.8 Å².